The summed E-state index contributed by atoms with van der Waals surface area (Å²) in [7, 11) is 2.12. The monoisotopic (exact) mass is 382 g/mol. The van der Waals surface area contributed by atoms with Crippen molar-refractivity contribution < 1.29 is 5.11 Å². The number of benzene rings is 1. The van der Waals surface area contributed by atoms with Crippen LogP contribution >= 0.6 is 11.3 Å². The molecule has 0 amide bonds. The third-order valence-electron chi connectivity index (χ3n) is 5.05. The quantitative estimate of drug-likeness (QED) is 0.731. The molecule has 0 bridgehead atoms. The van der Waals surface area contributed by atoms with Crippen molar-refractivity contribution in [2.75, 3.05) is 25.0 Å². The van der Waals surface area contributed by atoms with Crippen LogP contribution in [0.5, 0.6) is 0 Å². The van der Waals surface area contributed by atoms with Crippen molar-refractivity contribution in [3.05, 3.63) is 52.0 Å². The summed E-state index contributed by atoms with van der Waals surface area (Å²) in [6.45, 7) is 5.35. The van der Waals surface area contributed by atoms with Crippen LogP contribution in [0.4, 0.5) is 5.82 Å². The van der Waals surface area contributed by atoms with Gasteiger partial charge in [-0.05, 0) is 45.0 Å². The molecular formula is C21H26N4OS. The molecule has 1 N–H and O–H groups in total. The Labute approximate surface area is 164 Å². The first-order chi connectivity index (χ1) is 13.1. The highest BCUT2D eigenvalue weighted by molar-refractivity contribution is 7.09. The zero-order chi connectivity index (χ0) is 18.8. The van der Waals surface area contributed by atoms with Crippen LogP contribution in [0.1, 0.15) is 29.0 Å². The Morgan fingerprint density at radius 3 is 2.96 bits per heavy atom. The standard InChI is InChI=1S/C21H26N4OS/c1-15-5-6-19-16(10-15)11-17(12-24(2)14-20-22-7-9-27-20)21(23-19)25-8-3-4-18(26)13-25/h5-7,9-11,18,26H,3-4,8,12-14H2,1-2H3/t18-/m0/s1. The predicted octanol–water partition coefficient (Wildman–Crippen LogP) is 3.59. The Hall–Kier alpha value is -2.02. The number of nitrogens with zero attached hydrogens (tertiary/aromatic N) is 4. The van der Waals surface area contributed by atoms with E-state index in [1.807, 2.05) is 11.6 Å². The number of hydrogen-bond acceptors (Lipinski definition) is 6. The van der Waals surface area contributed by atoms with Crippen LogP contribution < -0.4 is 4.90 Å². The van der Waals surface area contributed by atoms with Crippen molar-refractivity contribution in [3.8, 4) is 0 Å². The number of aliphatic hydroxyl groups excluding tert-OH is 1. The minimum absolute atomic E-state index is 0.268. The lowest BCUT2D eigenvalue weighted by Crippen LogP contribution is -2.39. The van der Waals surface area contributed by atoms with Crippen molar-refractivity contribution in [1.29, 1.82) is 0 Å². The van der Waals surface area contributed by atoms with E-state index in [1.165, 1.54) is 16.5 Å². The number of anilines is 1. The first-order valence-electron chi connectivity index (χ1n) is 9.49. The van der Waals surface area contributed by atoms with Crippen molar-refractivity contribution in [2.24, 2.45) is 0 Å². The van der Waals surface area contributed by atoms with Crippen LogP contribution in [0.3, 0.4) is 0 Å². The first-order valence-corrected chi connectivity index (χ1v) is 10.4. The minimum atomic E-state index is -0.268. The number of aromatic nitrogens is 2. The van der Waals surface area contributed by atoms with Crippen molar-refractivity contribution in [1.82, 2.24) is 14.9 Å². The summed E-state index contributed by atoms with van der Waals surface area (Å²) >= 11 is 1.69. The Morgan fingerprint density at radius 1 is 1.30 bits per heavy atom. The van der Waals surface area contributed by atoms with Gasteiger partial charge in [0.15, 0.2) is 0 Å². The number of hydrogen-bond donors (Lipinski definition) is 1. The summed E-state index contributed by atoms with van der Waals surface area (Å²) in [6, 6.07) is 8.67. The van der Waals surface area contributed by atoms with E-state index < -0.39 is 0 Å². The van der Waals surface area contributed by atoms with Gasteiger partial charge in [0.25, 0.3) is 0 Å². The molecule has 1 aromatic carbocycles. The molecule has 0 radical (unpaired) electrons. The predicted molar refractivity (Wildman–Crippen MR) is 111 cm³/mol. The smallest absolute Gasteiger partial charge is 0.133 e. The fourth-order valence-corrected chi connectivity index (χ4v) is 4.47. The first kappa shape index (κ1) is 18.3. The van der Waals surface area contributed by atoms with Crippen LogP contribution in [0.2, 0.25) is 0 Å². The molecular weight excluding hydrogens is 356 g/mol. The number of thiazole rings is 1. The molecule has 4 rings (SSSR count). The van der Waals surface area contributed by atoms with Gasteiger partial charge in [0.2, 0.25) is 0 Å². The number of aliphatic hydroxyl groups is 1. The Bertz CT molecular complexity index is 912. The molecule has 5 nitrogen and oxygen atoms in total. The highest BCUT2D eigenvalue weighted by atomic mass is 32.1. The maximum Gasteiger partial charge on any atom is 0.133 e. The summed E-state index contributed by atoms with van der Waals surface area (Å²) < 4.78 is 0. The molecule has 142 valence electrons. The van der Waals surface area contributed by atoms with Gasteiger partial charge in [-0.3, -0.25) is 4.90 Å². The van der Waals surface area contributed by atoms with Crippen LogP contribution in [-0.4, -0.2) is 46.2 Å². The van der Waals surface area contributed by atoms with E-state index in [0.29, 0.717) is 6.54 Å². The number of fused-ring (bicyclic) bond motifs is 1. The zero-order valence-electron chi connectivity index (χ0n) is 15.9. The summed E-state index contributed by atoms with van der Waals surface area (Å²) in [5.41, 5.74) is 3.47. The van der Waals surface area contributed by atoms with E-state index in [0.717, 1.165) is 48.8 Å². The summed E-state index contributed by atoms with van der Waals surface area (Å²) in [5.74, 6) is 1.01. The van der Waals surface area contributed by atoms with Gasteiger partial charge in [0.05, 0.1) is 18.2 Å². The molecule has 6 heteroatoms. The van der Waals surface area contributed by atoms with Gasteiger partial charge in [-0.25, -0.2) is 9.97 Å². The molecule has 3 heterocycles. The Morgan fingerprint density at radius 2 is 2.19 bits per heavy atom. The SMILES string of the molecule is Cc1ccc2nc(N3CCC[C@H](O)C3)c(CN(C)Cc3nccs3)cc2c1. The fraction of sp³-hybridized carbons (Fsp3) is 0.429. The molecule has 0 unspecified atom stereocenters. The van der Waals surface area contributed by atoms with E-state index in [2.05, 4.69) is 53.0 Å². The van der Waals surface area contributed by atoms with Crippen LogP contribution in [0.15, 0.2) is 35.8 Å². The molecule has 27 heavy (non-hydrogen) atoms. The van der Waals surface area contributed by atoms with Gasteiger partial charge in [0, 0.05) is 42.2 Å². The highest BCUT2D eigenvalue weighted by Crippen LogP contribution is 2.28. The molecule has 0 saturated carbocycles. The number of aryl methyl sites for hydroxylation is 1. The highest BCUT2D eigenvalue weighted by Gasteiger charge is 2.22. The van der Waals surface area contributed by atoms with Crippen molar-refractivity contribution in [3.63, 3.8) is 0 Å². The van der Waals surface area contributed by atoms with Crippen molar-refractivity contribution >= 4 is 28.1 Å². The molecule has 1 saturated heterocycles. The van der Waals surface area contributed by atoms with E-state index in [-0.39, 0.29) is 6.10 Å². The molecule has 0 aliphatic carbocycles. The van der Waals surface area contributed by atoms with Gasteiger partial charge < -0.3 is 10.0 Å². The van der Waals surface area contributed by atoms with Crippen LogP contribution in [0.25, 0.3) is 10.9 Å². The molecule has 3 aromatic rings. The van der Waals surface area contributed by atoms with Gasteiger partial charge in [-0.1, -0.05) is 11.6 Å². The second-order valence-corrected chi connectivity index (χ2v) is 8.49. The summed E-state index contributed by atoms with van der Waals surface area (Å²) in [5, 5.41) is 14.5. The maximum atomic E-state index is 10.1. The van der Waals surface area contributed by atoms with E-state index in [1.54, 1.807) is 11.3 Å². The van der Waals surface area contributed by atoms with E-state index in [4.69, 9.17) is 4.98 Å². The molecule has 1 fully saturated rings. The summed E-state index contributed by atoms with van der Waals surface area (Å²) in [4.78, 5) is 13.9. The second-order valence-electron chi connectivity index (χ2n) is 7.51. The second kappa shape index (κ2) is 7.92. The molecule has 2 aromatic heterocycles. The number of pyridine rings is 1. The largest absolute Gasteiger partial charge is 0.391 e. The molecule has 1 aliphatic heterocycles. The van der Waals surface area contributed by atoms with Crippen LogP contribution in [-0.2, 0) is 13.1 Å². The summed E-state index contributed by atoms with van der Waals surface area (Å²) in [6.07, 6.45) is 3.47. The normalized spacial score (nSPS) is 17.8. The molecule has 0 spiro atoms. The third-order valence-corrected chi connectivity index (χ3v) is 5.82. The average Bonchev–Trinajstić information content (AvgIpc) is 3.14. The lowest BCUT2D eigenvalue weighted by Gasteiger charge is -2.33. The minimum Gasteiger partial charge on any atom is -0.391 e. The molecule has 1 atom stereocenters. The lowest BCUT2D eigenvalue weighted by molar-refractivity contribution is 0.153. The van der Waals surface area contributed by atoms with Gasteiger partial charge >= 0.3 is 0 Å². The average molecular weight is 383 g/mol. The number of β-amino-alcohol motifs (C(OH)–C–C–N with tert-alkyl or cyclic N) is 1. The zero-order valence-corrected chi connectivity index (χ0v) is 16.7. The fourth-order valence-electron chi connectivity index (χ4n) is 3.78. The number of piperidine rings is 1. The Balaban J connectivity index is 1.67. The van der Waals surface area contributed by atoms with Gasteiger partial charge in [-0.2, -0.15) is 0 Å². The van der Waals surface area contributed by atoms with Gasteiger partial charge in [0.1, 0.15) is 10.8 Å². The van der Waals surface area contributed by atoms with Crippen molar-refractivity contribution in [2.45, 2.75) is 39.0 Å². The van der Waals surface area contributed by atoms with Crippen LogP contribution in [0, 0.1) is 6.92 Å². The lowest BCUT2D eigenvalue weighted by atomic mass is 10.1. The van der Waals surface area contributed by atoms with E-state index in [9.17, 15) is 5.11 Å². The number of rotatable bonds is 5. The Kier molecular flexibility index (Phi) is 5.38. The third kappa shape index (κ3) is 4.29. The maximum absolute atomic E-state index is 10.1. The van der Waals surface area contributed by atoms with Gasteiger partial charge in [-0.15, -0.1) is 11.3 Å². The molecule has 1 aliphatic rings. The van der Waals surface area contributed by atoms with E-state index >= 15 is 0 Å². The topological polar surface area (TPSA) is 52.5 Å².